The van der Waals surface area contributed by atoms with Gasteiger partial charge < -0.3 is 9.64 Å². The maximum absolute atomic E-state index is 6.04. The van der Waals surface area contributed by atoms with Crippen LogP contribution >= 0.6 is 0 Å². The SMILES string of the molecule is CC(C)(C)c1ccccc1OCCCC[NH+]1CCCCC1. The molecule has 21 heavy (non-hydrogen) atoms. The topological polar surface area (TPSA) is 13.7 Å². The number of piperidine rings is 1. The highest BCUT2D eigenvalue weighted by atomic mass is 16.5. The summed E-state index contributed by atoms with van der Waals surface area (Å²) in [6.07, 6.45) is 6.74. The summed E-state index contributed by atoms with van der Waals surface area (Å²) >= 11 is 0. The Morgan fingerprint density at radius 2 is 1.71 bits per heavy atom. The van der Waals surface area contributed by atoms with Gasteiger partial charge in [-0.05, 0) is 49.1 Å². The van der Waals surface area contributed by atoms with Crippen molar-refractivity contribution in [3.63, 3.8) is 0 Å². The molecule has 2 rings (SSSR count). The Bertz CT molecular complexity index is 416. The Balaban J connectivity index is 1.71. The number of unbranched alkanes of at least 4 members (excludes halogenated alkanes) is 1. The van der Waals surface area contributed by atoms with Crippen LogP contribution in [-0.4, -0.2) is 26.2 Å². The minimum Gasteiger partial charge on any atom is -0.493 e. The Hall–Kier alpha value is -1.02. The lowest BCUT2D eigenvalue weighted by Gasteiger charge is -2.24. The molecule has 0 amide bonds. The quantitative estimate of drug-likeness (QED) is 0.794. The molecule has 1 aliphatic rings. The molecule has 0 aromatic heterocycles. The van der Waals surface area contributed by atoms with Crippen molar-refractivity contribution in [3.8, 4) is 5.75 Å². The van der Waals surface area contributed by atoms with Crippen LogP contribution in [0.25, 0.3) is 0 Å². The first-order valence-corrected chi connectivity index (χ1v) is 8.63. The van der Waals surface area contributed by atoms with Gasteiger partial charge in [0.25, 0.3) is 0 Å². The number of hydrogen-bond donors (Lipinski definition) is 1. The third kappa shape index (κ3) is 5.35. The van der Waals surface area contributed by atoms with E-state index in [4.69, 9.17) is 4.74 Å². The molecule has 1 aromatic carbocycles. The molecule has 2 heteroatoms. The zero-order valence-corrected chi connectivity index (χ0v) is 14.1. The summed E-state index contributed by atoms with van der Waals surface area (Å²) in [5, 5.41) is 0. The minimum absolute atomic E-state index is 0.147. The van der Waals surface area contributed by atoms with Gasteiger partial charge >= 0.3 is 0 Å². The fourth-order valence-electron chi connectivity index (χ4n) is 3.17. The zero-order valence-electron chi connectivity index (χ0n) is 14.1. The predicted octanol–water partition coefficient (Wildman–Crippen LogP) is 3.21. The van der Waals surface area contributed by atoms with Gasteiger partial charge in [0.2, 0.25) is 0 Å². The second-order valence-electron chi connectivity index (χ2n) is 7.36. The number of ether oxygens (including phenoxy) is 1. The summed E-state index contributed by atoms with van der Waals surface area (Å²) in [5.41, 5.74) is 1.46. The summed E-state index contributed by atoms with van der Waals surface area (Å²) in [6.45, 7) is 11.7. The Labute approximate surface area is 130 Å². The number of para-hydroxylation sites is 1. The number of hydrogen-bond acceptors (Lipinski definition) is 1. The molecule has 0 saturated carbocycles. The van der Waals surface area contributed by atoms with Crippen LogP contribution in [0.1, 0.15) is 58.4 Å². The summed E-state index contributed by atoms with van der Waals surface area (Å²) in [5.74, 6) is 1.07. The van der Waals surface area contributed by atoms with Gasteiger partial charge in [-0.2, -0.15) is 0 Å². The molecule has 1 aromatic rings. The summed E-state index contributed by atoms with van der Waals surface area (Å²) in [6, 6.07) is 8.47. The van der Waals surface area contributed by atoms with Crippen molar-refractivity contribution in [1.29, 1.82) is 0 Å². The highest BCUT2D eigenvalue weighted by Gasteiger charge is 2.18. The van der Waals surface area contributed by atoms with Crippen LogP contribution in [0.5, 0.6) is 5.75 Å². The van der Waals surface area contributed by atoms with Crippen LogP contribution in [0.3, 0.4) is 0 Å². The molecule has 0 unspecified atom stereocenters. The maximum atomic E-state index is 6.04. The molecule has 0 atom stereocenters. The fraction of sp³-hybridized carbons (Fsp3) is 0.684. The van der Waals surface area contributed by atoms with Crippen LogP contribution in [0, 0.1) is 0 Å². The molecule has 1 saturated heterocycles. The van der Waals surface area contributed by atoms with Crippen LogP contribution in [0.4, 0.5) is 0 Å². The average Bonchev–Trinajstić information content (AvgIpc) is 2.47. The van der Waals surface area contributed by atoms with Gasteiger partial charge in [-0.15, -0.1) is 0 Å². The lowest BCUT2D eigenvalue weighted by molar-refractivity contribution is -0.905. The van der Waals surface area contributed by atoms with Gasteiger partial charge in [-0.3, -0.25) is 0 Å². The van der Waals surface area contributed by atoms with Gasteiger partial charge in [-0.1, -0.05) is 39.0 Å². The Morgan fingerprint density at radius 3 is 2.43 bits per heavy atom. The van der Waals surface area contributed by atoms with Crippen LogP contribution in [0.15, 0.2) is 24.3 Å². The molecular weight excluding hydrogens is 258 g/mol. The van der Waals surface area contributed by atoms with E-state index in [2.05, 4.69) is 45.0 Å². The van der Waals surface area contributed by atoms with Gasteiger partial charge in [-0.25, -0.2) is 0 Å². The van der Waals surface area contributed by atoms with E-state index in [1.54, 1.807) is 4.90 Å². The first-order chi connectivity index (χ1) is 10.1. The molecule has 118 valence electrons. The second-order valence-corrected chi connectivity index (χ2v) is 7.36. The zero-order chi connectivity index (χ0) is 15.1. The van der Waals surface area contributed by atoms with E-state index in [1.165, 1.54) is 57.3 Å². The molecule has 0 bridgehead atoms. The summed E-state index contributed by atoms with van der Waals surface area (Å²) in [7, 11) is 0. The van der Waals surface area contributed by atoms with Crippen molar-refractivity contribution in [2.24, 2.45) is 0 Å². The Kier molecular flexibility index (Phi) is 6.10. The molecule has 0 aliphatic carbocycles. The van der Waals surface area contributed by atoms with Gasteiger partial charge in [0.1, 0.15) is 5.75 Å². The predicted molar refractivity (Wildman–Crippen MR) is 89.3 cm³/mol. The van der Waals surface area contributed by atoms with E-state index in [0.29, 0.717) is 0 Å². The fourth-order valence-corrected chi connectivity index (χ4v) is 3.17. The van der Waals surface area contributed by atoms with E-state index in [-0.39, 0.29) is 5.41 Å². The van der Waals surface area contributed by atoms with E-state index in [9.17, 15) is 0 Å². The number of nitrogens with one attached hydrogen (secondary N) is 1. The molecule has 1 heterocycles. The van der Waals surface area contributed by atoms with Crippen molar-refractivity contribution in [2.75, 3.05) is 26.2 Å². The lowest BCUT2D eigenvalue weighted by Crippen LogP contribution is -3.12. The van der Waals surface area contributed by atoms with Crippen molar-refractivity contribution in [3.05, 3.63) is 29.8 Å². The van der Waals surface area contributed by atoms with Gasteiger partial charge in [0.05, 0.1) is 26.2 Å². The third-order valence-corrected chi connectivity index (χ3v) is 4.44. The van der Waals surface area contributed by atoms with E-state index >= 15 is 0 Å². The van der Waals surface area contributed by atoms with Crippen LogP contribution < -0.4 is 9.64 Å². The summed E-state index contributed by atoms with van der Waals surface area (Å²) in [4.78, 5) is 1.80. The number of likely N-dealkylation sites (tertiary alicyclic amines) is 1. The number of quaternary nitrogens is 1. The van der Waals surface area contributed by atoms with E-state index < -0.39 is 0 Å². The molecule has 0 spiro atoms. The standard InChI is InChI=1S/C19H31NO/c1-19(2,3)17-11-5-6-12-18(17)21-16-10-9-15-20-13-7-4-8-14-20/h5-6,11-12H,4,7-10,13-16H2,1-3H3/p+1. The highest BCUT2D eigenvalue weighted by Crippen LogP contribution is 2.30. The van der Waals surface area contributed by atoms with E-state index in [0.717, 1.165) is 12.4 Å². The summed E-state index contributed by atoms with van der Waals surface area (Å²) < 4.78 is 6.04. The second kappa shape index (κ2) is 7.84. The van der Waals surface area contributed by atoms with Crippen molar-refractivity contribution in [1.82, 2.24) is 0 Å². The molecule has 1 aliphatic heterocycles. The smallest absolute Gasteiger partial charge is 0.123 e. The van der Waals surface area contributed by atoms with Crippen LogP contribution in [0.2, 0.25) is 0 Å². The third-order valence-electron chi connectivity index (χ3n) is 4.44. The lowest BCUT2D eigenvalue weighted by atomic mass is 9.86. The average molecular weight is 290 g/mol. The van der Waals surface area contributed by atoms with Crippen molar-refractivity contribution in [2.45, 2.75) is 58.3 Å². The molecular formula is C19H32NO+. The highest BCUT2D eigenvalue weighted by molar-refractivity contribution is 5.38. The monoisotopic (exact) mass is 290 g/mol. The first kappa shape index (κ1) is 16.4. The van der Waals surface area contributed by atoms with E-state index in [1.807, 2.05) is 0 Å². The molecule has 2 nitrogen and oxygen atoms in total. The first-order valence-electron chi connectivity index (χ1n) is 8.63. The molecule has 1 fully saturated rings. The normalized spacial score (nSPS) is 16.9. The maximum Gasteiger partial charge on any atom is 0.123 e. The van der Waals surface area contributed by atoms with Gasteiger partial charge in [0, 0.05) is 0 Å². The molecule has 1 N–H and O–H groups in total. The number of benzene rings is 1. The largest absolute Gasteiger partial charge is 0.493 e. The van der Waals surface area contributed by atoms with Gasteiger partial charge in [0.15, 0.2) is 0 Å². The Morgan fingerprint density at radius 1 is 1.00 bits per heavy atom. The minimum atomic E-state index is 0.147. The van der Waals surface area contributed by atoms with Crippen molar-refractivity contribution < 1.29 is 9.64 Å². The molecule has 0 radical (unpaired) electrons. The van der Waals surface area contributed by atoms with Crippen molar-refractivity contribution >= 4 is 0 Å². The van der Waals surface area contributed by atoms with Crippen LogP contribution in [-0.2, 0) is 5.41 Å². The number of rotatable bonds is 6.